The van der Waals surface area contributed by atoms with E-state index < -0.39 is 11.9 Å². The van der Waals surface area contributed by atoms with Crippen molar-refractivity contribution >= 4 is 11.9 Å². The van der Waals surface area contributed by atoms with Crippen LogP contribution in [0.3, 0.4) is 0 Å². The second-order valence-corrected chi connectivity index (χ2v) is 4.19. The molecule has 0 unspecified atom stereocenters. The van der Waals surface area contributed by atoms with Crippen molar-refractivity contribution in [1.82, 2.24) is 5.32 Å². The molecule has 0 radical (unpaired) electrons. The van der Waals surface area contributed by atoms with Gasteiger partial charge in [-0.1, -0.05) is 12.1 Å². The standard InChI is InChI=1S/C14H13NO5/c1-8-11(14(18)19)6-9(20-8)7-15-13(17)10-4-2-3-5-12(10)16/h2-6,16H,7H2,1H3,(H,15,17)(H,18,19). The second-order valence-electron chi connectivity index (χ2n) is 4.19. The molecule has 6 heteroatoms. The molecule has 0 fully saturated rings. The van der Waals surface area contributed by atoms with Crippen molar-refractivity contribution in [3.8, 4) is 5.75 Å². The number of phenols is 1. The van der Waals surface area contributed by atoms with E-state index in [0.717, 1.165) is 0 Å². The molecule has 1 aromatic carbocycles. The van der Waals surface area contributed by atoms with E-state index in [2.05, 4.69) is 5.32 Å². The molecule has 0 bridgehead atoms. The van der Waals surface area contributed by atoms with Crippen molar-refractivity contribution in [3.63, 3.8) is 0 Å². The molecule has 0 spiro atoms. The topological polar surface area (TPSA) is 99.8 Å². The molecule has 20 heavy (non-hydrogen) atoms. The molecular weight excluding hydrogens is 262 g/mol. The number of hydrogen-bond acceptors (Lipinski definition) is 4. The molecule has 1 amide bonds. The van der Waals surface area contributed by atoms with Crippen LogP contribution in [0.5, 0.6) is 5.75 Å². The highest BCUT2D eigenvalue weighted by Gasteiger charge is 2.15. The Morgan fingerprint density at radius 2 is 1.95 bits per heavy atom. The molecule has 0 atom stereocenters. The summed E-state index contributed by atoms with van der Waals surface area (Å²) >= 11 is 0. The fourth-order valence-electron chi connectivity index (χ4n) is 1.77. The predicted molar refractivity (Wildman–Crippen MR) is 69.7 cm³/mol. The number of nitrogens with one attached hydrogen (secondary N) is 1. The molecule has 104 valence electrons. The van der Waals surface area contributed by atoms with E-state index >= 15 is 0 Å². The zero-order chi connectivity index (χ0) is 14.7. The van der Waals surface area contributed by atoms with E-state index in [1.165, 1.54) is 25.1 Å². The number of aryl methyl sites for hydroxylation is 1. The maximum atomic E-state index is 11.8. The van der Waals surface area contributed by atoms with Crippen molar-refractivity contribution in [1.29, 1.82) is 0 Å². The maximum Gasteiger partial charge on any atom is 0.339 e. The van der Waals surface area contributed by atoms with Crippen LogP contribution in [0, 0.1) is 6.92 Å². The van der Waals surface area contributed by atoms with Gasteiger partial charge in [-0.3, -0.25) is 4.79 Å². The quantitative estimate of drug-likeness (QED) is 0.791. The molecule has 2 aromatic rings. The summed E-state index contributed by atoms with van der Waals surface area (Å²) in [7, 11) is 0. The zero-order valence-electron chi connectivity index (χ0n) is 10.7. The number of benzene rings is 1. The number of carboxylic acid groups (broad SMARTS) is 1. The Labute approximate surface area is 114 Å². The summed E-state index contributed by atoms with van der Waals surface area (Å²) in [6.45, 7) is 1.58. The smallest absolute Gasteiger partial charge is 0.339 e. The highest BCUT2D eigenvalue weighted by Crippen LogP contribution is 2.17. The molecule has 1 aromatic heterocycles. The predicted octanol–water partition coefficient (Wildman–Crippen LogP) is 1.92. The summed E-state index contributed by atoms with van der Waals surface area (Å²) in [6, 6.07) is 7.51. The van der Waals surface area contributed by atoms with E-state index in [-0.39, 0.29) is 29.2 Å². The van der Waals surface area contributed by atoms with Crippen molar-refractivity contribution in [2.75, 3.05) is 0 Å². The van der Waals surface area contributed by atoms with E-state index in [9.17, 15) is 14.7 Å². The average molecular weight is 275 g/mol. The van der Waals surface area contributed by atoms with E-state index in [4.69, 9.17) is 9.52 Å². The summed E-state index contributed by atoms with van der Waals surface area (Å²) in [5, 5.41) is 21.0. The van der Waals surface area contributed by atoms with Gasteiger partial charge in [0, 0.05) is 0 Å². The first-order valence-corrected chi connectivity index (χ1v) is 5.88. The van der Waals surface area contributed by atoms with Gasteiger partial charge in [-0.25, -0.2) is 4.79 Å². The largest absolute Gasteiger partial charge is 0.507 e. The summed E-state index contributed by atoms with van der Waals surface area (Å²) in [4.78, 5) is 22.7. The number of carbonyl (C=O) groups excluding carboxylic acids is 1. The molecule has 6 nitrogen and oxygen atoms in total. The van der Waals surface area contributed by atoms with Crippen molar-refractivity contribution in [2.24, 2.45) is 0 Å². The molecule has 0 saturated heterocycles. The average Bonchev–Trinajstić information content (AvgIpc) is 2.78. The molecule has 3 N–H and O–H groups in total. The van der Waals surface area contributed by atoms with Gasteiger partial charge >= 0.3 is 5.97 Å². The monoisotopic (exact) mass is 275 g/mol. The highest BCUT2D eigenvalue weighted by molar-refractivity contribution is 5.96. The first kappa shape index (κ1) is 13.7. The first-order valence-electron chi connectivity index (χ1n) is 5.88. The Bertz CT molecular complexity index is 659. The Balaban J connectivity index is 2.06. The lowest BCUT2D eigenvalue weighted by Gasteiger charge is -2.04. The summed E-state index contributed by atoms with van der Waals surface area (Å²) < 4.78 is 5.23. The Morgan fingerprint density at radius 3 is 2.55 bits per heavy atom. The number of phenolic OH excluding ortho intramolecular Hbond substituents is 1. The number of amides is 1. The molecule has 0 saturated carbocycles. The normalized spacial score (nSPS) is 10.2. The minimum atomic E-state index is -1.08. The molecular formula is C14H13NO5. The second kappa shape index (κ2) is 5.48. The van der Waals surface area contributed by atoms with Gasteiger partial charge in [0.1, 0.15) is 22.8 Å². The zero-order valence-corrected chi connectivity index (χ0v) is 10.7. The van der Waals surface area contributed by atoms with Gasteiger partial charge < -0.3 is 19.9 Å². The maximum absolute atomic E-state index is 11.8. The van der Waals surface area contributed by atoms with Gasteiger partial charge in [-0.15, -0.1) is 0 Å². The van der Waals surface area contributed by atoms with Crippen LogP contribution in [0.25, 0.3) is 0 Å². The molecule has 0 aliphatic heterocycles. The van der Waals surface area contributed by atoms with Crippen molar-refractivity contribution < 1.29 is 24.2 Å². The SMILES string of the molecule is Cc1oc(CNC(=O)c2ccccc2O)cc1C(=O)O. The van der Waals surface area contributed by atoms with Crippen LogP contribution in [0.2, 0.25) is 0 Å². The fourth-order valence-corrected chi connectivity index (χ4v) is 1.77. The number of carboxylic acids is 1. The lowest BCUT2D eigenvalue weighted by Crippen LogP contribution is -2.22. The number of para-hydroxylation sites is 1. The van der Waals surface area contributed by atoms with E-state index in [1.54, 1.807) is 12.1 Å². The van der Waals surface area contributed by atoms with Crippen LogP contribution in [0.15, 0.2) is 34.7 Å². The number of hydrogen-bond donors (Lipinski definition) is 3. The van der Waals surface area contributed by atoms with Gasteiger partial charge in [0.25, 0.3) is 5.91 Å². The van der Waals surface area contributed by atoms with Crippen LogP contribution in [0.4, 0.5) is 0 Å². The van der Waals surface area contributed by atoms with Crippen LogP contribution in [-0.4, -0.2) is 22.1 Å². The third-order valence-electron chi connectivity index (χ3n) is 2.77. The lowest BCUT2D eigenvalue weighted by atomic mass is 10.2. The fraction of sp³-hybridized carbons (Fsp3) is 0.143. The third kappa shape index (κ3) is 2.80. The van der Waals surface area contributed by atoms with Crippen molar-refractivity contribution in [3.05, 3.63) is 53.0 Å². The van der Waals surface area contributed by atoms with Gasteiger partial charge in [-0.05, 0) is 25.1 Å². The number of aromatic carboxylic acids is 1. The molecule has 2 rings (SSSR count). The third-order valence-corrected chi connectivity index (χ3v) is 2.77. The molecule has 0 aliphatic rings. The van der Waals surface area contributed by atoms with Gasteiger partial charge in [0.15, 0.2) is 0 Å². The molecule has 0 aliphatic carbocycles. The first-order chi connectivity index (χ1) is 9.49. The molecule has 1 heterocycles. The number of aromatic hydroxyl groups is 1. The Kier molecular flexibility index (Phi) is 3.74. The number of carbonyl (C=O) groups is 2. The van der Waals surface area contributed by atoms with Crippen LogP contribution >= 0.6 is 0 Å². The van der Waals surface area contributed by atoms with Crippen molar-refractivity contribution in [2.45, 2.75) is 13.5 Å². The number of furan rings is 1. The van der Waals surface area contributed by atoms with E-state index in [1.807, 2.05) is 0 Å². The minimum Gasteiger partial charge on any atom is -0.507 e. The highest BCUT2D eigenvalue weighted by atomic mass is 16.4. The Morgan fingerprint density at radius 1 is 1.25 bits per heavy atom. The van der Waals surface area contributed by atoms with Crippen LogP contribution in [-0.2, 0) is 6.54 Å². The summed E-state index contributed by atoms with van der Waals surface area (Å²) in [5.74, 6) is -1.04. The summed E-state index contributed by atoms with van der Waals surface area (Å²) in [6.07, 6.45) is 0. The summed E-state index contributed by atoms with van der Waals surface area (Å²) in [5.41, 5.74) is 0.214. The van der Waals surface area contributed by atoms with Crippen LogP contribution in [0.1, 0.15) is 32.2 Å². The van der Waals surface area contributed by atoms with Gasteiger partial charge in [-0.2, -0.15) is 0 Å². The van der Waals surface area contributed by atoms with Gasteiger partial charge in [0.05, 0.1) is 12.1 Å². The van der Waals surface area contributed by atoms with Gasteiger partial charge in [0.2, 0.25) is 0 Å². The van der Waals surface area contributed by atoms with Crippen LogP contribution < -0.4 is 5.32 Å². The lowest BCUT2D eigenvalue weighted by molar-refractivity contribution is 0.0694. The minimum absolute atomic E-state index is 0.0429. The van der Waals surface area contributed by atoms with E-state index in [0.29, 0.717) is 5.76 Å². The number of rotatable bonds is 4. The Hall–Kier alpha value is -2.76.